The summed E-state index contributed by atoms with van der Waals surface area (Å²) >= 11 is 3.42. The van der Waals surface area contributed by atoms with Gasteiger partial charge < -0.3 is 9.32 Å². The first-order chi connectivity index (χ1) is 9.47. The average molecular weight is 334 g/mol. The number of rotatable bonds is 3. The fourth-order valence-electron chi connectivity index (χ4n) is 1.92. The van der Waals surface area contributed by atoms with Gasteiger partial charge in [-0.15, -0.1) is 0 Å². The van der Waals surface area contributed by atoms with Crippen molar-refractivity contribution in [3.8, 4) is 0 Å². The van der Waals surface area contributed by atoms with Gasteiger partial charge in [-0.1, -0.05) is 15.9 Å². The minimum Gasteiger partial charge on any atom is -0.462 e. The first-order valence-electron chi connectivity index (χ1n) is 6.26. The predicted molar refractivity (Wildman–Crippen MR) is 84.8 cm³/mol. The van der Waals surface area contributed by atoms with E-state index in [1.54, 1.807) is 18.0 Å². The van der Waals surface area contributed by atoms with Gasteiger partial charge in [0, 0.05) is 23.3 Å². The molecule has 0 unspecified atom stereocenters. The molecule has 1 amide bonds. The number of benzene rings is 1. The fourth-order valence-corrected chi connectivity index (χ4v) is 2.40. The van der Waals surface area contributed by atoms with Crippen molar-refractivity contribution < 1.29 is 9.21 Å². The average Bonchev–Trinajstić information content (AvgIpc) is 2.81. The summed E-state index contributed by atoms with van der Waals surface area (Å²) in [5, 5.41) is 0. The van der Waals surface area contributed by atoms with Gasteiger partial charge in [0.1, 0.15) is 11.5 Å². The Labute approximate surface area is 127 Å². The van der Waals surface area contributed by atoms with Crippen LogP contribution in [0.25, 0.3) is 6.08 Å². The Morgan fingerprint density at radius 3 is 2.60 bits per heavy atom. The molecule has 4 heteroatoms. The van der Waals surface area contributed by atoms with Crippen LogP contribution in [0.4, 0.5) is 5.69 Å². The van der Waals surface area contributed by atoms with Gasteiger partial charge in [-0.05, 0) is 55.8 Å². The van der Waals surface area contributed by atoms with Gasteiger partial charge in [0.05, 0.1) is 0 Å². The maximum Gasteiger partial charge on any atom is 0.250 e. The second-order valence-corrected chi connectivity index (χ2v) is 5.53. The Morgan fingerprint density at radius 2 is 2.00 bits per heavy atom. The number of hydrogen-bond donors (Lipinski definition) is 0. The van der Waals surface area contributed by atoms with Crippen LogP contribution < -0.4 is 4.90 Å². The predicted octanol–water partition coefficient (Wildman–Crippen LogP) is 4.34. The second kappa shape index (κ2) is 6.09. The van der Waals surface area contributed by atoms with Crippen LogP contribution in [0.1, 0.15) is 17.1 Å². The van der Waals surface area contributed by atoms with E-state index in [9.17, 15) is 4.79 Å². The number of nitrogens with zero attached hydrogens (tertiary/aromatic N) is 1. The number of anilines is 1. The Kier molecular flexibility index (Phi) is 4.45. The van der Waals surface area contributed by atoms with E-state index in [0.717, 1.165) is 21.5 Å². The molecule has 20 heavy (non-hydrogen) atoms. The molecule has 104 valence electrons. The number of likely N-dealkylation sites (N-methyl/N-ethyl adjacent to an activating group) is 1. The van der Waals surface area contributed by atoms with Gasteiger partial charge in [0.2, 0.25) is 0 Å². The highest BCUT2D eigenvalue weighted by molar-refractivity contribution is 9.10. The second-order valence-electron chi connectivity index (χ2n) is 4.61. The van der Waals surface area contributed by atoms with Crippen molar-refractivity contribution in [1.82, 2.24) is 0 Å². The third-order valence-electron chi connectivity index (χ3n) is 3.00. The van der Waals surface area contributed by atoms with Crippen LogP contribution in [0.15, 0.2) is 45.3 Å². The molecule has 2 aromatic rings. The van der Waals surface area contributed by atoms with Crippen LogP contribution in [-0.2, 0) is 4.79 Å². The van der Waals surface area contributed by atoms with Crippen LogP contribution in [0, 0.1) is 13.8 Å². The van der Waals surface area contributed by atoms with E-state index in [4.69, 9.17) is 4.42 Å². The number of carbonyl (C=O) groups excluding carboxylic acids is 1. The topological polar surface area (TPSA) is 33.5 Å². The Hall–Kier alpha value is -1.81. The van der Waals surface area contributed by atoms with E-state index >= 15 is 0 Å². The molecule has 0 N–H and O–H groups in total. The molecule has 1 aromatic heterocycles. The first kappa shape index (κ1) is 14.6. The number of furan rings is 1. The summed E-state index contributed by atoms with van der Waals surface area (Å²) in [4.78, 5) is 13.8. The van der Waals surface area contributed by atoms with Gasteiger partial charge in [-0.3, -0.25) is 4.79 Å². The summed E-state index contributed by atoms with van der Waals surface area (Å²) in [6.07, 6.45) is 3.19. The molecule has 0 aliphatic carbocycles. The van der Waals surface area contributed by atoms with Crippen LogP contribution in [0.5, 0.6) is 0 Å². The highest BCUT2D eigenvalue weighted by Crippen LogP contribution is 2.23. The number of aryl methyl sites for hydroxylation is 2. The molecule has 3 nitrogen and oxygen atoms in total. The third kappa shape index (κ3) is 3.39. The number of amides is 1. The van der Waals surface area contributed by atoms with E-state index in [2.05, 4.69) is 15.9 Å². The summed E-state index contributed by atoms with van der Waals surface area (Å²) in [6.45, 7) is 3.85. The number of carbonyl (C=O) groups is 1. The van der Waals surface area contributed by atoms with Gasteiger partial charge in [0.25, 0.3) is 5.91 Å². The maximum atomic E-state index is 12.1. The van der Waals surface area contributed by atoms with Crippen molar-refractivity contribution in [3.63, 3.8) is 0 Å². The summed E-state index contributed by atoms with van der Waals surface area (Å²) in [6, 6.07) is 9.53. The van der Waals surface area contributed by atoms with E-state index in [1.807, 2.05) is 44.2 Å². The first-order valence-corrected chi connectivity index (χ1v) is 7.05. The smallest absolute Gasteiger partial charge is 0.250 e. The minimum atomic E-state index is -0.0931. The molecule has 0 aliphatic rings. The van der Waals surface area contributed by atoms with Gasteiger partial charge >= 0.3 is 0 Å². The van der Waals surface area contributed by atoms with Crippen molar-refractivity contribution in [1.29, 1.82) is 0 Å². The molecule has 0 saturated heterocycles. The van der Waals surface area contributed by atoms with Gasteiger partial charge in [-0.25, -0.2) is 0 Å². The normalized spacial score (nSPS) is 11.0. The standard InChI is InChI=1S/C16H16BrNO2/c1-11-10-13(17)5-8-15(11)18(3)16(19)9-7-14-6-4-12(2)20-14/h4-10H,1-3H3. The fraction of sp³-hybridized carbons (Fsp3) is 0.188. The van der Waals surface area contributed by atoms with Gasteiger partial charge in [-0.2, -0.15) is 0 Å². The largest absolute Gasteiger partial charge is 0.462 e. The maximum absolute atomic E-state index is 12.1. The minimum absolute atomic E-state index is 0.0931. The molecular weight excluding hydrogens is 318 g/mol. The van der Waals surface area contributed by atoms with Crippen molar-refractivity contribution in [3.05, 3.63) is 58.0 Å². The van der Waals surface area contributed by atoms with Crippen LogP contribution in [-0.4, -0.2) is 13.0 Å². The molecular formula is C16H16BrNO2. The van der Waals surface area contributed by atoms with E-state index in [1.165, 1.54) is 6.08 Å². The zero-order chi connectivity index (χ0) is 14.7. The molecule has 0 fully saturated rings. The Balaban J connectivity index is 2.14. The molecule has 0 aliphatic heterocycles. The van der Waals surface area contributed by atoms with Crippen molar-refractivity contribution >= 4 is 33.6 Å². The lowest BCUT2D eigenvalue weighted by atomic mass is 10.2. The van der Waals surface area contributed by atoms with Crippen molar-refractivity contribution in [2.24, 2.45) is 0 Å². The zero-order valence-corrected chi connectivity index (χ0v) is 13.3. The molecule has 0 bridgehead atoms. The van der Waals surface area contributed by atoms with E-state index < -0.39 is 0 Å². The summed E-state index contributed by atoms with van der Waals surface area (Å²) in [5.74, 6) is 1.41. The third-order valence-corrected chi connectivity index (χ3v) is 3.50. The molecule has 0 spiro atoms. The van der Waals surface area contributed by atoms with E-state index in [-0.39, 0.29) is 5.91 Å². The highest BCUT2D eigenvalue weighted by atomic mass is 79.9. The lowest BCUT2D eigenvalue weighted by Crippen LogP contribution is -2.24. The molecule has 1 aromatic carbocycles. The van der Waals surface area contributed by atoms with Crippen molar-refractivity contribution in [2.45, 2.75) is 13.8 Å². The Bertz CT molecular complexity index is 658. The monoisotopic (exact) mass is 333 g/mol. The van der Waals surface area contributed by atoms with Gasteiger partial charge in [0.15, 0.2) is 0 Å². The quantitative estimate of drug-likeness (QED) is 0.783. The van der Waals surface area contributed by atoms with Crippen LogP contribution in [0.2, 0.25) is 0 Å². The molecule has 0 radical (unpaired) electrons. The summed E-state index contributed by atoms with van der Waals surface area (Å²) in [7, 11) is 1.76. The molecule has 0 saturated carbocycles. The number of hydrogen-bond acceptors (Lipinski definition) is 2. The zero-order valence-electron chi connectivity index (χ0n) is 11.7. The molecule has 1 heterocycles. The lowest BCUT2D eigenvalue weighted by molar-refractivity contribution is -0.113. The highest BCUT2D eigenvalue weighted by Gasteiger charge is 2.10. The molecule has 0 atom stereocenters. The van der Waals surface area contributed by atoms with Crippen molar-refractivity contribution in [2.75, 3.05) is 11.9 Å². The van der Waals surface area contributed by atoms with Crippen LogP contribution >= 0.6 is 15.9 Å². The molecule has 2 rings (SSSR count). The lowest BCUT2D eigenvalue weighted by Gasteiger charge is -2.18. The summed E-state index contributed by atoms with van der Waals surface area (Å²) in [5.41, 5.74) is 1.93. The summed E-state index contributed by atoms with van der Waals surface area (Å²) < 4.78 is 6.40. The van der Waals surface area contributed by atoms with Crippen LogP contribution in [0.3, 0.4) is 0 Å². The Morgan fingerprint density at radius 1 is 1.25 bits per heavy atom. The SMILES string of the molecule is Cc1ccc(C=CC(=O)N(C)c2ccc(Br)cc2C)o1. The number of halogens is 1. The van der Waals surface area contributed by atoms with E-state index in [0.29, 0.717) is 5.76 Å².